The van der Waals surface area contributed by atoms with Gasteiger partial charge in [0.25, 0.3) is 11.6 Å². The molecular formula is C19H28N4O7S. The molecular weight excluding hydrogens is 428 g/mol. The van der Waals surface area contributed by atoms with Crippen LogP contribution in [0.1, 0.15) is 32.6 Å². The highest BCUT2D eigenvalue weighted by Crippen LogP contribution is 2.29. The van der Waals surface area contributed by atoms with Gasteiger partial charge in [-0.05, 0) is 37.8 Å². The molecule has 0 aliphatic carbocycles. The number of amides is 1. The third-order valence-electron chi connectivity index (χ3n) is 5.12. The Morgan fingerprint density at radius 3 is 2.65 bits per heavy atom. The van der Waals surface area contributed by atoms with E-state index in [1.807, 2.05) is 11.6 Å². The van der Waals surface area contributed by atoms with Crippen molar-refractivity contribution in [2.45, 2.75) is 43.5 Å². The first kappa shape index (κ1) is 24.5. The standard InChI is InChI=1S/C19H28N4O7S/c1-4-14-7-5-6-10-22(14)18(24)13-30-19(25)12-20-31(28,29)15-8-9-16(21(2)3)17(11-15)23(26)27/h8-9,11,14,20H,4-7,10,12-13H2,1-3H3. The van der Waals surface area contributed by atoms with Crippen LogP contribution in [0.25, 0.3) is 0 Å². The minimum absolute atomic E-state index is 0.124. The quantitative estimate of drug-likeness (QED) is 0.333. The van der Waals surface area contributed by atoms with Crippen molar-refractivity contribution in [1.29, 1.82) is 0 Å². The number of carbonyl (C=O) groups is 2. The molecule has 1 aliphatic heterocycles. The van der Waals surface area contributed by atoms with E-state index in [4.69, 9.17) is 4.74 Å². The Hall–Kier alpha value is -2.73. The van der Waals surface area contributed by atoms with Gasteiger partial charge in [0, 0.05) is 32.7 Å². The molecule has 31 heavy (non-hydrogen) atoms. The maximum atomic E-state index is 12.4. The number of sulfonamides is 1. The van der Waals surface area contributed by atoms with Gasteiger partial charge in [-0.2, -0.15) is 4.72 Å². The fraction of sp³-hybridized carbons (Fsp3) is 0.579. The van der Waals surface area contributed by atoms with Crippen LogP contribution in [0.4, 0.5) is 11.4 Å². The zero-order chi connectivity index (χ0) is 23.2. The van der Waals surface area contributed by atoms with E-state index < -0.39 is 34.1 Å². The number of hydrogen-bond donors (Lipinski definition) is 1. The summed E-state index contributed by atoms with van der Waals surface area (Å²) < 4.78 is 31.8. The van der Waals surface area contributed by atoms with Crippen LogP contribution >= 0.6 is 0 Å². The fourth-order valence-electron chi connectivity index (χ4n) is 3.46. The van der Waals surface area contributed by atoms with Crippen LogP contribution in [0.15, 0.2) is 23.1 Å². The number of nitro benzene ring substituents is 1. The molecule has 2 rings (SSSR count). The van der Waals surface area contributed by atoms with Crippen molar-refractivity contribution in [2.24, 2.45) is 0 Å². The predicted molar refractivity (Wildman–Crippen MR) is 113 cm³/mol. The number of nitrogens with zero attached hydrogens (tertiary/aromatic N) is 3. The number of piperidine rings is 1. The lowest BCUT2D eigenvalue weighted by Gasteiger charge is -2.35. The summed E-state index contributed by atoms with van der Waals surface area (Å²) in [5, 5.41) is 11.2. The summed E-state index contributed by atoms with van der Waals surface area (Å²) >= 11 is 0. The second-order valence-corrected chi connectivity index (χ2v) is 9.20. The normalized spacial score (nSPS) is 16.6. The van der Waals surface area contributed by atoms with E-state index in [0.717, 1.165) is 31.7 Å². The van der Waals surface area contributed by atoms with E-state index in [9.17, 15) is 28.1 Å². The van der Waals surface area contributed by atoms with Gasteiger partial charge in [0.1, 0.15) is 12.2 Å². The molecule has 12 heteroatoms. The largest absolute Gasteiger partial charge is 0.455 e. The Bertz CT molecular complexity index is 933. The smallest absolute Gasteiger partial charge is 0.321 e. The van der Waals surface area contributed by atoms with Crippen LogP contribution < -0.4 is 9.62 Å². The fourth-order valence-corrected chi connectivity index (χ4v) is 4.45. The lowest BCUT2D eigenvalue weighted by molar-refractivity contribution is -0.384. The summed E-state index contributed by atoms with van der Waals surface area (Å²) in [4.78, 5) is 37.7. The molecule has 172 valence electrons. The van der Waals surface area contributed by atoms with Crippen LogP contribution in [0.5, 0.6) is 0 Å². The van der Waals surface area contributed by atoms with Crippen molar-refractivity contribution in [3.63, 3.8) is 0 Å². The molecule has 0 aromatic heterocycles. The minimum atomic E-state index is -4.19. The Labute approximate surface area is 181 Å². The van der Waals surface area contributed by atoms with E-state index in [1.54, 1.807) is 19.0 Å². The Balaban J connectivity index is 1.96. The highest BCUT2D eigenvalue weighted by Gasteiger charge is 2.27. The zero-order valence-corrected chi connectivity index (χ0v) is 18.7. The number of likely N-dealkylation sites (tertiary alicyclic amines) is 1. The molecule has 1 aromatic carbocycles. The summed E-state index contributed by atoms with van der Waals surface area (Å²) in [5.41, 5.74) is -0.141. The van der Waals surface area contributed by atoms with Gasteiger partial charge in [0.05, 0.1) is 9.82 Å². The van der Waals surface area contributed by atoms with Gasteiger partial charge in [-0.1, -0.05) is 6.92 Å². The maximum absolute atomic E-state index is 12.4. The second-order valence-electron chi connectivity index (χ2n) is 7.43. The third kappa shape index (κ3) is 6.37. The van der Waals surface area contributed by atoms with Crippen molar-refractivity contribution >= 4 is 33.3 Å². The molecule has 1 N–H and O–H groups in total. The highest BCUT2D eigenvalue weighted by molar-refractivity contribution is 7.89. The minimum Gasteiger partial charge on any atom is -0.455 e. The molecule has 1 atom stereocenters. The SMILES string of the molecule is CCC1CCCCN1C(=O)COC(=O)CNS(=O)(=O)c1ccc(N(C)C)c([N+](=O)[O-])c1. The third-order valence-corrected chi connectivity index (χ3v) is 6.52. The summed E-state index contributed by atoms with van der Waals surface area (Å²) in [5.74, 6) is -1.22. The van der Waals surface area contributed by atoms with Crippen LogP contribution in [0.3, 0.4) is 0 Å². The zero-order valence-electron chi connectivity index (χ0n) is 17.9. The molecule has 0 radical (unpaired) electrons. The van der Waals surface area contributed by atoms with Crippen LogP contribution in [-0.4, -0.2) is 70.0 Å². The van der Waals surface area contributed by atoms with Crippen LogP contribution in [-0.2, 0) is 24.3 Å². The first-order valence-electron chi connectivity index (χ1n) is 9.97. The lowest BCUT2D eigenvalue weighted by atomic mass is 10.00. The van der Waals surface area contributed by atoms with Crippen molar-refractivity contribution in [2.75, 3.05) is 38.7 Å². The topological polar surface area (TPSA) is 139 Å². The number of carbonyl (C=O) groups excluding carboxylic acids is 2. The average Bonchev–Trinajstić information content (AvgIpc) is 2.75. The average molecular weight is 457 g/mol. The van der Waals surface area contributed by atoms with Gasteiger partial charge in [-0.15, -0.1) is 0 Å². The van der Waals surface area contributed by atoms with E-state index in [1.165, 1.54) is 17.0 Å². The van der Waals surface area contributed by atoms with E-state index in [0.29, 0.717) is 6.54 Å². The molecule has 0 bridgehead atoms. The molecule has 1 aliphatic rings. The van der Waals surface area contributed by atoms with Crippen LogP contribution in [0.2, 0.25) is 0 Å². The van der Waals surface area contributed by atoms with E-state index >= 15 is 0 Å². The summed E-state index contributed by atoms with van der Waals surface area (Å²) in [6.07, 6.45) is 3.68. The first-order chi connectivity index (χ1) is 14.6. The Morgan fingerprint density at radius 2 is 2.03 bits per heavy atom. The molecule has 11 nitrogen and oxygen atoms in total. The maximum Gasteiger partial charge on any atom is 0.321 e. The summed E-state index contributed by atoms with van der Waals surface area (Å²) in [6, 6.07) is 3.57. The van der Waals surface area contributed by atoms with Gasteiger partial charge in [0.15, 0.2) is 6.61 Å². The summed E-state index contributed by atoms with van der Waals surface area (Å²) in [6.45, 7) is 1.45. The van der Waals surface area contributed by atoms with Gasteiger partial charge in [-0.3, -0.25) is 19.7 Å². The van der Waals surface area contributed by atoms with Crippen molar-refractivity contribution in [1.82, 2.24) is 9.62 Å². The molecule has 1 heterocycles. The highest BCUT2D eigenvalue weighted by atomic mass is 32.2. The van der Waals surface area contributed by atoms with Gasteiger partial charge in [0.2, 0.25) is 10.0 Å². The summed E-state index contributed by atoms with van der Waals surface area (Å²) in [7, 11) is -1.00. The Morgan fingerprint density at radius 1 is 1.32 bits per heavy atom. The van der Waals surface area contributed by atoms with Crippen molar-refractivity contribution < 1.29 is 27.7 Å². The number of esters is 1. The van der Waals surface area contributed by atoms with E-state index in [-0.39, 0.29) is 28.2 Å². The molecule has 0 spiro atoms. The van der Waals surface area contributed by atoms with Crippen LogP contribution in [0, 0.1) is 10.1 Å². The van der Waals surface area contributed by atoms with E-state index in [2.05, 4.69) is 0 Å². The molecule has 1 aromatic rings. The van der Waals surface area contributed by atoms with Gasteiger partial charge >= 0.3 is 5.97 Å². The van der Waals surface area contributed by atoms with Crippen molar-refractivity contribution in [3.8, 4) is 0 Å². The van der Waals surface area contributed by atoms with Gasteiger partial charge in [-0.25, -0.2) is 8.42 Å². The van der Waals surface area contributed by atoms with Crippen molar-refractivity contribution in [3.05, 3.63) is 28.3 Å². The molecule has 1 amide bonds. The number of rotatable bonds is 9. The molecule has 0 saturated carbocycles. The molecule has 1 saturated heterocycles. The number of nitrogens with one attached hydrogen (secondary N) is 1. The number of nitro groups is 1. The molecule has 1 unspecified atom stereocenters. The van der Waals surface area contributed by atoms with Gasteiger partial charge < -0.3 is 14.5 Å². The first-order valence-corrected chi connectivity index (χ1v) is 11.5. The number of hydrogen-bond acceptors (Lipinski definition) is 8. The second kappa shape index (κ2) is 10.5. The number of anilines is 1. The monoisotopic (exact) mass is 456 g/mol. The molecule has 1 fully saturated rings. The number of ether oxygens (including phenoxy) is 1. The Kier molecular flexibility index (Phi) is 8.34. The number of benzene rings is 1. The predicted octanol–water partition coefficient (Wildman–Crippen LogP) is 1.27. The lowest BCUT2D eigenvalue weighted by Crippen LogP contribution is -2.45.